The molecule has 0 amide bonds. The van der Waals surface area contributed by atoms with Crippen LogP contribution in [0.15, 0.2) is 0 Å². The molecule has 1 unspecified atom stereocenters. The number of likely N-dealkylation sites (tertiary alicyclic amines) is 1. The topological polar surface area (TPSA) is 15.3 Å². The van der Waals surface area contributed by atoms with E-state index in [0.717, 1.165) is 18.5 Å². The predicted molar refractivity (Wildman–Crippen MR) is 78.9 cm³/mol. The molecule has 1 heterocycles. The lowest BCUT2D eigenvalue weighted by molar-refractivity contribution is 0.113. The molecular formula is C16H32N2. The van der Waals surface area contributed by atoms with Crippen molar-refractivity contribution in [1.29, 1.82) is 0 Å². The summed E-state index contributed by atoms with van der Waals surface area (Å²) in [4.78, 5) is 2.71. The van der Waals surface area contributed by atoms with Gasteiger partial charge in [0.05, 0.1) is 0 Å². The van der Waals surface area contributed by atoms with Crippen LogP contribution in [0, 0.1) is 11.3 Å². The lowest BCUT2D eigenvalue weighted by atomic mass is 9.82. The molecule has 1 atom stereocenters. The fraction of sp³-hybridized carbons (Fsp3) is 1.00. The molecule has 2 heteroatoms. The van der Waals surface area contributed by atoms with Gasteiger partial charge < -0.3 is 10.2 Å². The Hall–Kier alpha value is -0.0800. The highest BCUT2D eigenvalue weighted by molar-refractivity contribution is 4.86. The van der Waals surface area contributed by atoms with Gasteiger partial charge >= 0.3 is 0 Å². The van der Waals surface area contributed by atoms with Gasteiger partial charge in [-0.25, -0.2) is 0 Å². The Balaban J connectivity index is 1.81. The minimum Gasteiger partial charge on any atom is -0.313 e. The lowest BCUT2D eigenvalue weighted by Crippen LogP contribution is -2.48. The van der Waals surface area contributed by atoms with Crippen LogP contribution in [0.2, 0.25) is 0 Å². The molecule has 1 N–H and O–H groups in total. The van der Waals surface area contributed by atoms with Gasteiger partial charge in [-0.15, -0.1) is 0 Å². The number of hydrogen-bond acceptors (Lipinski definition) is 2. The maximum absolute atomic E-state index is 3.75. The van der Waals surface area contributed by atoms with E-state index in [1.54, 1.807) is 0 Å². The molecule has 1 aliphatic carbocycles. The zero-order chi connectivity index (χ0) is 13.0. The number of rotatable bonds is 5. The summed E-state index contributed by atoms with van der Waals surface area (Å²) in [5.41, 5.74) is 0.581. The van der Waals surface area contributed by atoms with Gasteiger partial charge in [-0.3, -0.25) is 0 Å². The number of nitrogens with zero attached hydrogens (tertiary/aromatic N) is 1. The highest BCUT2D eigenvalue weighted by Crippen LogP contribution is 2.32. The Labute approximate surface area is 114 Å². The van der Waals surface area contributed by atoms with Crippen LogP contribution in [0.3, 0.4) is 0 Å². The summed E-state index contributed by atoms with van der Waals surface area (Å²) in [6, 6.07) is 0.749. The molecule has 1 aliphatic heterocycles. The van der Waals surface area contributed by atoms with Crippen LogP contribution >= 0.6 is 0 Å². The van der Waals surface area contributed by atoms with Gasteiger partial charge in [0.2, 0.25) is 0 Å². The van der Waals surface area contributed by atoms with E-state index >= 15 is 0 Å². The van der Waals surface area contributed by atoms with E-state index in [4.69, 9.17) is 0 Å². The fourth-order valence-corrected chi connectivity index (χ4v) is 3.62. The second-order valence-electron chi connectivity index (χ2n) is 7.17. The van der Waals surface area contributed by atoms with E-state index < -0.39 is 0 Å². The smallest absolute Gasteiger partial charge is 0.0223 e. The minimum absolute atomic E-state index is 0.581. The number of likely N-dealkylation sites (N-methyl/N-ethyl adjacent to an activating group) is 1. The molecule has 2 fully saturated rings. The van der Waals surface area contributed by atoms with Crippen molar-refractivity contribution >= 4 is 0 Å². The van der Waals surface area contributed by atoms with Gasteiger partial charge in [0, 0.05) is 12.6 Å². The molecule has 0 spiro atoms. The van der Waals surface area contributed by atoms with Gasteiger partial charge in [0.15, 0.2) is 0 Å². The highest BCUT2D eigenvalue weighted by Gasteiger charge is 2.29. The predicted octanol–water partition coefficient (Wildman–Crippen LogP) is 3.28. The Morgan fingerprint density at radius 3 is 2.33 bits per heavy atom. The summed E-state index contributed by atoms with van der Waals surface area (Å²) in [5.74, 6) is 0.944. The quantitative estimate of drug-likeness (QED) is 0.808. The van der Waals surface area contributed by atoms with Gasteiger partial charge in [0.25, 0.3) is 0 Å². The molecular weight excluding hydrogens is 220 g/mol. The van der Waals surface area contributed by atoms with Crippen LogP contribution in [0.1, 0.15) is 59.3 Å². The zero-order valence-electron chi connectivity index (χ0n) is 12.7. The third kappa shape index (κ3) is 3.96. The average Bonchev–Trinajstić information content (AvgIpc) is 2.84. The monoisotopic (exact) mass is 252 g/mol. The Kier molecular flexibility index (Phi) is 5.08. The van der Waals surface area contributed by atoms with E-state index in [0.29, 0.717) is 5.41 Å². The summed E-state index contributed by atoms with van der Waals surface area (Å²) in [6.07, 6.45) is 8.57. The van der Waals surface area contributed by atoms with E-state index in [1.807, 2.05) is 0 Å². The molecule has 106 valence electrons. The third-order valence-electron chi connectivity index (χ3n) is 5.10. The lowest BCUT2D eigenvalue weighted by Gasteiger charge is -2.39. The summed E-state index contributed by atoms with van der Waals surface area (Å²) < 4.78 is 0. The molecule has 0 aromatic carbocycles. The summed E-state index contributed by atoms with van der Waals surface area (Å²) >= 11 is 0. The van der Waals surface area contributed by atoms with Crippen molar-refractivity contribution in [3.05, 3.63) is 0 Å². The van der Waals surface area contributed by atoms with E-state index in [2.05, 4.69) is 31.0 Å². The molecule has 2 rings (SSSR count). The molecule has 1 saturated carbocycles. The van der Waals surface area contributed by atoms with Gasteiger partial charge in [-0.1, -0.05) is 33.6 Å². The molecule has 2 aliphatic rings. The molecule has 18 heavy (non-hydrogen) atoms. The zero-order valence-corrected chi connectivity index (χ0v) is 12.7. The molecule has 0 aromatic heterocycles. The van der Waals surface area contributed by atoms with E-state index in [9.17, 15) is 0 Å². The summed E-state index contributed by atoms with van der Waals surface area (Å²) in [6.45, 7) is 12.1. The fourth-order valence-electron chi connectivity index (χ4n) is 3.62. The first-order valence-corrected chi connectivity index (χ1v) is 8.06. The Bertz CT molecular complexity index is 233. The number of nitrogens with one attached hydrogen (secondary N) is 1. The van der Waals surface area contributed by atoms with Crippen molar-refractivity contribution < 1.29 is 0 Å². The Morgan fingerprint density at radius 2 is 1.78 bits per heavy atom. The summed E-state index contributed by atoms with van der Waals surface area (Å²) in [5, 5.41) is 3.75. The Morgan fingerprint density at radius 1 is 1.17 bits per heavy atom. The standard InChI is InChI=1S/C16H32N2/c1-4-17-15(14-7-5-6-8-14)13-18-11-9-16(2,3)10-12-18/h14-15,17H,4-13H2,1-3H3. The van der Waals surface area contributed by atoms with Crippen LogP contribution in [0.4, 0.5) is 0 Å². The second kappa shape index (κ2) is 6.38. The second-order valence-corrected chi connectivity index (χ2v) is 7.17. The molecule has 0 radical (unpaired) electrons. The highest BCUT2D eigenvalue weighted by atomic mass is 15.2. The van der Waals surface area contributed by atoms with Crippen LogP contribution < -0.4 is 5.32 Å². The van der Waals surface area contributed by atoms with E-state index in [-0.39, 0.29) is 0 Å². The average molecular weight is 252 g/mol. The number of piperidine rings is 1. The van der Waals surface area contributed by atoms with Gasteiger partial charge in [0.1, 0.15) is 0 Å². The number of hydrogen-bond donors (Lipinski definition) is 1. The van der Waals surface area contributed by atoms with Gasteiger partial charge in [-0.05, 0) is 56.7 Å². The van der Waals surface area contributed by atoms with Crippen LogP contribution in [-0.2, 0) is 0 Å². The van der Waals surface area contributed by atoms with Crippen LogP contribution in [0.25, 0.3) is 0 Å². The molecule has 0 aromatic rings. The first-order chi connectivity index (χ1) is 8.61. The first-order valence-electron chi connectivity index (χ1n) is 8.06. The maximum Gasteiger partial charge on any atom is 0.0223 e. The normalized spacial score (nSPS) is 27.5. The summed E-state index contributed by atoms with van der Waals surface area (Å²) in [7, 11) is 0. The minimum atomic E-state index is 0.581. The molecule has 2 nitrogen and oxygen atoms in total. The SMILES string of the molecule is CCNC(CN1CCC(C)(C)CC1)C1CCCC1. The van der Waals surface area contributed by atoms with Crippen molar-refractivity contribution in [2.24, 2.45) is 11.3 Å². The van der Waals surface area contributed by atoms with E-state index in [1.165, 1.54) is 58.2 Å². The van der Waals surface area contributed by atoms with Crippen LogP contribution in [0.5, 0.6) is 0 Å². The van der Waals surface area contributed by atoms with Crippen molar-refractivity contribution in [2.45, 2.75) is 65.3 Å². The molecule has 0 bridgehead atoms. The van der Waals surface area contributed by atoms with Crippen molar-refractivity contribution in [2.75, 3.05) is 26.2 Å². The van der Waals surface area contributed by atoms with Crippen molar-refractivity contribution in [3.63, 3.8) is 0 Å². The van der Waals surface area contributed by atoms with Gasteiger partial charge in [-0.2, -0.15) is 0 Å². The first kappa shape index (κ1) is 14.3. The largest absolute Gasteiger partial charge is 0.313 e. The third-order valence-corrected chi connectivity index (χ3v) is 5.10. The maximum atomic E-state index is 3.75. The van der Waals surface area contributed by atoms with Crippen LogP contribution in [-0.4, -0.2) is 37.1 Å². The van der Waals surface area contributed by atoms with Crippen molar-refractivity contribution in [1.82, 2.24) is 10.2 Å². The van der Waals surface area contributed by atoms with Crippen molar-refractivity contribution in [3.8, 4) is 0 Å². The molecule has 1 saturated heterocycles.